The first-order chi connectivity index (χ1) is 11.0. The maximum Gasteiger partial charge on any atom is 0.341 e. The van der Waals surface area contributed by atoms with E-state index < -0.39 is 11.9 Å². The standard InChI is InChI=1S/C15H11BrN2O3S2/c1-2-21-15(20)11-5-6-22-14(11)18-13(19)9(8-17)7-10-3-4-12(16)23-10/h3-7H,2H2,1H3,(H,18,19). The van der Waals surface area contributed by atoms with Gasteiger partial charge in [0.15, 0.2) is 0 Å². The van der Waals surface area contributed by atoms with Gasteiger partial charge < -0.3 is 10.1 Å². The summed E-state index contributed by atoms with van der Waals surface area (Å²) in [5, 5.41) is 13.8. The Morgan fingerprint density at radius 1 is 1.43 bits per heavy atom. The van der Waals surface area contributed by atoms with Gasteiger partial charge in [-0.05, 0) is 52.5 Å². The number of carbonyl (C=O) groups is 2. The van der Waals surface area contributed by atoms with Gasteiger partial charge in [-0.3, -0.25) is 4.79 Å². The quantitative estimate of drug-likeness (QED) is 0.452. The van der Waals surface area contributed by atoms with Crippen LogP contribution in [0.15, 0.2) is 32.9 Å². The van der Waals surface area contributed by atoms with Crippen LogP contribution in [0.25, 0.3) is 6.08 Å². The topological polar surface area (TPSA) is 79.2 Å². The number of amides is 1. The number of nitrogens with one attached hydrogen (secondary N) is 1. The van der Waals surface area contributed by atoms with Crippen LogP contribution in [-0.4, -0.2) is 18.5 Å². The van der Waals surface area contributed by atoms with Gasteiger partial charge in [-0.1, -0.05) is 0 Å². The summed E-state index contributed by atoms with van der Waals surface area (Å²) in [5.74, 6) is -1.07. The molecule has 23 heavy (non-hydrogen) atoms. The lowest BCUT2D eigenvalue weighted by molar-refractivity contribution is -0.112. The number of anilines is 1. The molecule has 0 aliphatic rings. The molecule has 0 saturated carbocycles. The minimum Gasteiger partial charge on any atom is -0.462 e. The molecule has 0 fully saturated rings. The van der Waals surface area contributed by atoms with Crippen molar-refractivity contribution >= 4 is 61.6 Å². The number of rotatable bonds is 5. The van der Waals surface area contributed by atoms with Crippen LogP contribution >= 0.6 is 38.6 Å². The number of esters is 1. The molecule has 0 spiro atoms. The Morgan fingerprint density at radius 3 is 2.83 bits per heavy atom. The second-order valence-corrected chi connectivity index (χ2v) is 7.56. The van der Waals surface area contributed by atoms with Crippen molar-refractivity contribution in [3.63, 3.8) is 0 Å². The van der Waals surface area contributed by atoms with Crippen molar-refractivity contribution in [1.82, 2.24) is 0 Å². The molecule has 2 aromatic heterocycles. The lowest BCUT2D eigenvalue weighted by Crippen LogP contribution is -2.15. The molecule has 118 valence electrons. The van der Waals surface area contributed by atoms with Gasteiger partial charge in [0.1, 0.15) is 16.6 Å². The molecule has 0 bridgehead atoms. The first-order valence-electron chi connectivity index (χ1n) is 6.48. The average Bonchev–Trinajstić information content (AvgIpc) is 3.14. The Morgan fingerprint density at radius 2 is 2.22 bits per heavy atom. The van der Waals surface area contributed by atoms with Crippen LogP contribution in [0.2, 0.25) is 0 Å². The highest BCUT2D eigenvalue weighted by molar-refractivity contribution is 9.11. The second-order valence-electron chi connectivity index (χ2n) is 4.15. The van der Waals surface area contributed by atoms with E-state index in [-0.39, 0.29) is 17.7 Å². The predicted octanol–water partition coefficient (Wildman–Crippen LogP) is 4.29. The molecule has 2 heterocycles. The summed E-state index contributed by atoms with van der Waals surface area (Å²) in [6, 6.07) is 7.08. The molecule has 5 nitrogen and oxygen atoms in total. The largest absolute Gasteiger partial charge is 0.462 e. The first kappa shape index (κ1) is 17.4. The Bertz CT molecular complexity index is 802. The minimum atomic E-state index is -0.565. The number of thiophene rings is 2. The van der Waals surface area contributed by atoms with E-state index in [4.69, 9.17) is 4.74 Å². The van der Waals surface area contributed by atoms with E-state index in [0.29, 0.717) is 5.00 Å². The molecule has 2 rings (SSSR count). The Hall–Kier alpha value is -1.95. The van der Waals surface area contributed by atoms with Crippen LogP contribution < -0.4 is 5.32 Å². The number of nitriles is 1. The Labute approximate surface area is 149 Å². The number of hydrogen-bond donors (Lipinski definition) is 1. The van der Waals surface area contributed by atoms with E-state index in [1.807, 2.05) is 12.1 Å². The van der Waals surface area contributed by atoms with Crippen LogP contribution in [0.1, 0.15) is 22.2 Å². The van der Waals surface area contributed by atoms with Crippen LogP contribution in [0.5, 0.6) is 0 Å². The number of carbonyl (C=O) groups excluding carboxylic acids is 2. The molecule has 1 N–H and O–H groups in total. The fourth-order valence-corrected chi connectivity index (χ4v) is 3.78. The van der Waals surface area contributed by atoms with Crippen molar-refractivity contribution in [2.75, 3.05) is 11.9 Å². The van der Waals surface area contributed by atoms with Crippen LogP contribution in [0.3, 0.4) is 0 Å². The van der Waals surface area contributed by atoms with Gasteiger partial charge in [-0.15, -0.1) is 22.7 Å². The zero-order valence-corrected chi connectivity index (χ0v) is 15.2. The van der Waals surface area contributed by atoms with Crippen molar-refractivity contribution in [1.29, 1.82) is 5.26 Å². The number of hydrogen-bond acceptors (Lipinski definition) is 6. The molecule has 0 saturated heterocycles. The fraction of sp³-hybridized carbons (Fsp3) is 0.133. The third-order valence-corrected chi connectivity index (χ3v) is 5.03. The van der Waals surface area contributed by atoms with E-state index in [2.05, 4.69) is 21.2 Å². The van der Waals surface area contributed by atoms with Gasteiger partial charge in [-0.25, -0.2) is 4.79 Å². The number of halogens is 1. The zero-order valence-electron chi connectivity index (χ0n) is 12.0. The lowest BCUT2D eigenvalue weighted by atomic mass is 10.2. The molecule has 0 aliphatic carbocycles. The second kappa shape index (κ2) is 8.06. The smallest absolute Gasteiger partial charge is 0.341 e. The summed E-state index contributed by atoms with van der Waals surface area (Å²) in [4.78, 5) is 24.8. The highest BCUT2D eigenvalue weighted by Gasteiger charge is 2.18. The summed E-state index contributed by atoms with van der Waals surface area (Å²) in [5.41, 5.74) is 0.240. The highest BCUT2D eigenvalue weighted by atomic mass is 79.9. The van der Waals surface area contributed by atoms with E-state index >= 15 is 0 Å². The molecule has 0 radical (unpaired) electrons. The predicted molar refractivity (Wildman–Crippen MR) is 94.5 cm³/mol. The average molecular weight is 411 g/mol. The van der Waals surface area contributed by atoms with Gasteiger partial charge in [0.05, 0.1) is 16.0 Å². The van der Waals surface area contributed by atoms with Gasteiger partial charge in [0.25, 0.3) is 5.91 Å². The van der Waals surface area contributed by atoms with Gasteiger partial charge >= 0.3 is 5.97 Å². The Kier molecular flexibility index (Phi) is 6.10. The summed E-state index contributed by atoms with van der Waals surface area (Å²) in [7, 11) is 0. The van der Waals surface area contributed by atoms with Gasteiger partial charge in [-0.2, -0.15) is 5.26 Å². The number of nitrogens with zero attached hydrogens (tertiary/aromatic N) is 1. The van der Waals surface area contributed by atoms with E-state index in [9.17, 15) is 14.9 Å². The molecular weight excluding hydrogens is 400 g/mol. The molecule has 0 aliphatic heterocycles. The van der Waals surface area contributed by atoms with Crippen molar-refractivity contribution < 1.29 is 14.3 Å². The SMILES string of the molecule is CCOC(=O)c1ccsc1NC(=O)C(C#N)=Cc1ccc(Br)s1. The molecular formula is C15H11BrN2O3S2. The maximum absolute atomic E-state index is 12.2. The van der Waals surface area contributed by atoms with Crippen molar-refractivity contribution in [2.45, 2.75) is 6.92 Å². The van der Waals surface area contributed by atoms with Crippen LogP contribution in [-0.2, 0) is 9.53 Å². The van der Waals surface area contributed by atoms with Crippen molar-refractivity contribution in [3.05, 3.63) is 43.4 Å². The zero-order chi connectivity index (χ0) is 16.8. The molecule has 0 atom stereocenters. The fourth-order valence-electron chi connectivity index (χ4n) is 1.64. The van der Waals surface area contributed by atoms with Crippen LogP contribution in [0.4, 0.5) is 5.00 Å². The molecule has 2 aromatic rings. The van der Waals surface area contributed by atoms with E-state index in [1.165, 1.54) is 28.7 Å². The number of ether oxygens (including phenoxy) is 1. The first-order valence-corrected chi connectivity index (χ1v) is 8.97. The molecule has 0 aromatic carbocycles. The monoisotopic (exact) mass is 410 g/mol. The van der Waals surface area contributed by atoms with Gasteiger partial charge in [0.2, 0.25) is 0 Å². The summed E-state index contributed by atoms with van der Waals surface area (Å²) < 4.78 is 5.83. The van der Waals surface area contributed by atoms with E-state index in [0.717, 1.165) is 8.66 Å². The normalized spacial score (nSPS) is 10.9. The van der Waals surface area contributed by atoms with Crippen LogP contribution in [0, 0.1) is 11.3 Å². The summed E-state index contributed by atoms with van der Waals surface area (Å²) >= 11 is 5.93. The highest BCUT2D eigenvalue weighted by Crippen LogP contribution is 2.26. The third-order valence-electron chi connectivity index (χ3n) is 2.63. The summed E-state index contributed by atoms with van der Waals surface area (Å²) in [6.07, 6.45) is 1.50. The minimum absolute atomic E-state index is 0.0393. The lowest BCUT2D eigenvalue weighted by Gasteiger charge is -2.05. The summed E-state index contributed by atoms with van der Waals surface area (Å²) in [6.45, 7) is 1.96. The van der Waals surface area contributed by atoms with Gasteiger partial charge in [0, 0.05) is 4.88 Å². The van der Waals surface area contributed by atoms with E-state index in [1.54, 1.807) is 24.4 Å². The molecule has 1 amide bonds. The Balaban J connectivity index is 2.18. The molecule has 0 unspecified atom stereocenters. The van der Waals surface area contributed by atoms with Crippen molar-refractivity contribution in [3.8, 4) is 6.07 Å². The maximum atomic E-state index is 12.2. The van der Waals surface area contributed by atoms with Crippen molar-refractivity contribution in [2.24, 2.45) is 0 Å². The third kappa shape index (κ3) is 4.51. The molecule has 8 heteroatoms.